The molecular formula is C24H26N6O3. The van der Waals surface area contributed by atoms with Crippen LogP contribution in [0.3, 0.4) is 0 Å². The normalized spacial score (nSPS) is 21.0. The monoisotopic (exact) mass is 446 g/mol. The topological polar surface area (TPSA) is 123 Å². The van der Waals surface area contributed by atoms with Gasteiger partial charge in [-0.3, -0.25) is 0 Å². The van der Waals surface area contributed by atoms with E-state index in [1.54, 1.807) is 26.1 Å². The second-order valence-corrected chi connectivity index (χ2v) is 8.95. The van der Waals surface area contributed by atoms with Gasteiger partial charge in [0.1, 0.15) is 22.8 Å². The summed E-state index contributed by atoms with van der Waals surface area (Å²) in [5.41, 5.74) is 11.5. The van der Waals surface area contributed by atoms with Crippen LogP contribution in [0.4, 0.5) is 17.5 Å². The van der Waals surface area contributed by atoms with Gasteiger partial charge in [-0.05, 0) is 44.9 Å². The van der Waals surface area contributed by atoms with Crippen LogP contribution in [-0.2, 0) is 15.7 Å². The fraction of sp³-hybridized carbons (Fsp3) is 0.375. The molecule has 4 heterocycles. The van der Waals surface area contributed by atoms with Crippen molar-refractivity contribution in [2.75, 3.05) is 30.4 Å². The summed E-state index contributed by atoms with van der Waals surface area (Å²) in [6.45, 7) is 7.67. The quantitative estimate of drug-likeness (QED) is 0.412. The summed E-state index contributed by atoms with van der Waals surface area (Å²) in [6, 6.07) is 7.92. The Labute approximate surface area is 191 Å². The number of aromatic nitrogens is 3. The first-order chi connectivity index (χ1) is 15.8. The molecule has 3 aromatic rings. The Balaban J connectivity index is 1.58. The molecule has 0 saturated carbocycles. The second kappa shape index (κ2) is 7.85. The lowest BCUT2D eigenvalue weighted by Gasteiger charge is -2.24. The van der Waals surface area contributed by atoms with Crippen molar-refractivity contribution in [2.45, 2.75) is 38.1 Å². The van der Waals surface area contributed by atoms with Gasteiger partial charge in [0, 0.05) is 47.6 Å². The van der Waals surface area contributed by atoms with Gasteiger partial charge < -0.3 is 25.1 Å². The Kier molecular flexibility index (Phi) is 5.09. The highest BCUT2D eigenvalue weighted by molar-refractivity contribution is 5.74. The van der Waals surface area contributed by atoms with Crippen molar-refractivity contribution in [3.63, 3.8) is 0 Å². The molecule has 2 atom stereocenters. The van der Waals surface area contributed by atoms with Crippen molar-refractivity contribution in [1.82, 2.24) is 20.6 Å². The first-order valence-electron chi connectivity index (χ1n) is 10.8. The molecule has 2 aliphatic rings. The third kappa shape index (κ3) is 3.62. The Morgan fingerprint density at radius 2 is 2.15 bits per heavy atom. The van der Waals surface area contributed by atoms with Crippen molar-refractivity contribution in [3.05, 3.63) is 58.6 Å². The Bertz CT molecular complexity index is 1270. The Morgan fingerprint density at radius 1 is 1.30 bits per heavy atom. The SMILES string of the molecule is Cc1cc(C(C)(C#Cc2ccc3c(c2)N(c2nc(N)ncc2C)C[C@]32CCOC2)NO)no1. The summed E-state index contributed by atoms with van der Waals surface area (Å²) >= 11 is 0. The molecule has 0 bridgehead atoms. The number of rotatable bonds is 3. The van der Waals surface area contributed by atoms with Crippen molar-refractivity contribution in [3.8, 4) is 11.8 Å². The molecule has 0 aliphatic carbocycles. The van der Waals surface area contributed by atoms with Gasteiger partial charge in [-0.25, -0.2) is 4.98 Å². The fourth-order valence-corrected chi connectivity index (χ4v) is 4.56. The molecule has 4 N–H and O–H groups in total. The number of hydroxylamine groups is 1. The lowest BCUT2D eigenvalue weighted by Crippen LogP contribution is -2.36. The highest BCUT2D eigenvalue weighted by Crippen LogP contribution is 2.48. The molecule has 0 amide bonds. The van der Waals surface area contributed by atoms with E-state index in [1.807, 2.05) is 13.0 Å². The van der Waals surface area contributed by atoms with E-state index in [2.05, 4.69) is 49.5 Å². The summed E-state index contributed by atoms with van der Waals surface area (Å²) in [5.74, 6) is 7.95. The molecule has 1 fully saturated rings. The van der Waals surface area contributed by atoms with Gasteiger partial charge in [0.15, 0.2) is 0 Å². The largest absolute Gasteiger partial charge is 0.380 e. The maximum Gasteiger partial charge on any atom is 0.221 e. The summed E-state index contributed by atoms with van der Waals surface area (Å²) in [4.78, 5) is 10.8. The van der Waals surface area contributed by atoms with Crippen molar-refractivity contribution < 1.29 is 14.5 Å². The summed E-state index contributed by atoms with van der Waals surface area (Å²) in [7, 11) is 0. The number of fused-ring (bicyclic) bond motifs is 2. The second-order valence-electron chi connectivity index (χ2n) is 8.95. The molecule has 1 unspecified atom stereocenters. The number of hydrogen-bond donors (Lipinski definition) is 3. The van der Waals surface area contributed by atoms with E-state index in [9.17, 15) is 5.21 Å². The van der Waals surface area contributed by atoms with Gasteiger partial charge in [-0.2, -0.15) is 10.5 Å². The number of ether oxygens (including phenoxy) is 1. The van der Waals surface area contributed by atoms with Crippen LogP contribution in [0.15, 0.2) is 35.0 Å². The molecule has 9 nitrogen and oxygen atoms in total. The number of aryl methyl sites for hydroxylation is 2. The van der Waals surface area contributed by atoms with Crippen molar-refractivity contribution >= 4 is 17.5 Å². The van der Waals surface area contributed by atoms with Crippen molar-refractivity contribution in [1.29, 1.82) is 0 Å². The highest BCUT2D eigenvalue weighted by Gasteiger charge is 2.46. The summed E-state index contributed by atoms with van der Waals surface area (Å²) in [5, 5.41) is 13.8. The number of nitrogen functional groups attached to an aromatic ring is 1. The average Bonchev–Trinajstić information content (AvgIpc) is 3.54. The van der Waals surface area contributed by atoms with Crippen LogP contribution >= 0.6 is 0 Å². The molecule has 170 valence electrons. The Hall–Kier alpha value is -3.45. The lowest BCUT2D eigenvalue weighted by atomic mass is 9.81. The number of anilines is 3. The number of nitrogens with one attached hydrogen (secondary N) is 1. The predicted octanol–water partition coefficient (Wildman–Crippen LogP) is 2.72. The maximum absolute atomic E-state index is 9.79. The smallest absolute Gasteiger partial charge is 0.221 e. The minimum absolute atomic E-state index is 0.0904. The minimum atomic E-state index is -1.07. The first-order valence-corrected chi connectivity index (χ1v) is 10.8. The molecule has 0 radical (unpaired) electrons. The standard InChI is InChI=1S/C24H26N6O3/c1-15-12-26-22(25)27-21(15)30-13-24(8-9-32-14-24)18-5-4-17(11-19(18)30)6-7-23(3,29-31)20-10-16(2)33-28-20/h4-5,10-12,29,31H,8-9,13-14H2,1-3H3,(H2,25,26,27)/t23?,24-/m0/s1. The molecule has 1 spiro atoms. The van der Waals surface area contributed by atoms with E-state index in [1.165, 1.54) is 5.56 Å². The van der Waals surface area contributed by atoms with E-state index >= 15 is 0 Å². The zero-order valence-corrected chi connectivity index (χ0v) is 18.8. The fourth-order valence-electron chi connectivity index (χ4n) is 4.56. The van der Waals surface area contributed by atoms with Crippen LogP contribution in [0.1, 0.15) is 41.5 Å². The maximum atomic E-state index is 9.79. The van der Waals surface area contributed by atoms with E-state index in [-0.39, 0.29) is 11.4 Å². The van der Waals surface area contributed by atoms with Gasteiger partial charge >= 0.3 is 0 Å². The summed E-state index contributed by atoms with van der Waals surface area (Å²) < 4.78 is 11.0. The number of benzene rings is 1. The summed E-state index contributed by atoms with van der Waals surface area (Å²) in [6.07, 6.45) is 2.69. The van der Waals surface area contributed by atoms with Crippen LogP contribution in [0.25, 0.3) is 0 Å². The van der Waals surface area contributed by atoms with E-state index in [0.29, 0.717) is 18.1 Å². The first kappa shape index (κ1) is 21.4. The van der Waals surface area contributed by atoms with Gasteiger partial charge in [0.25, 0.3) is 0 Å². The number of nitrogens with zero attached hydrogens (tertiary/aromatic N) is 4. The molecule has 33 heavy (non-hydrogen) atoms. The number of nitrogens with two attached hydrogens (primary N) is 1. The molecule has 2 aliphatic heterocycles. The van der Waals surface area contributed by atoms with Crippen LogP contribution in [0.2, 0.25) is 0 Å². The third-order valence-electron chi connectivity index (χ3n) is 6.46. The average molecular weight is 447 g/mol. The van der Waals surface area contributed by atoms with Gasteiger partial charge in [-0.15, -0.1) is 0 Å². The van der Waals surface area contributed by atoms with Crippen LogP contribution in [0.5, 0.6) is 0 Å². The predicted molar refractivity (Wildman–Crippen MR) is 122 cm³/mol. The molecule has 1 saturated heterocycles. The van der Waals surface area contributed by atoms with Crippen molar-refractivity contribution in [2.24, 2.45) is 0 Å². The zero-order valence-electron chi connectivity index (χ0n) is 18.8. The molecule has 1 aromatic carbocycles. The van der Waals surface area contributed by atoms with Crippen LogP contribution in [-0.4, -0.2) is 40.1 Å². The highest BCUT2D eigenvalue weighted by atomic mass is 16.5. The third-order valence-corrected chi connectivity index (χ3v) is 6.46. The van der Waals surface area contributed by atoms with Crippen LogP contribution in [0, 0.1) is 25.7 Å². The van der Waals surface area contributed by atoms with E-state index in [0.717, 1.165) is 42.2 Å². The van der Waals surface area contributed by atoms with E-state index < -0.39 is 5.54 Å². The lowest BCUT2D eigenvalue weighted by molar-refractivity contribution is 0.0971. The number of hydrogen-bond acceptors (Lipinski definition) is 9. The molecule has 5 rings (SSSR count). The van der Waals surface area contributed by atoms with Gasteiger partial charge in [-0.1, -0.05) is 23.1 Å². The zero-order chi connectivity index (χ0) is 23.2. The molecule has 9 heteroatoms. The molecule has 2 aromatic heterocycles. The van der Waals surface area contributed by atoms with E-state index in [4.69, 9.17) is 15.0 Å². The Morgan fingerprint density at radius 3 is 2.85 bits per heavy atom. The van der Waals surface area contributed by atoms with Gasteiger partial charge in [0.2, 0.25) is 5.95 Å². The minimum Gasteiger partial charge on any atom is -0.380 e. The van der Waals surface area contributed by atoms with Gasteiger partial charge in [0.05, 0.1) is 6.61 Å². The molecular weight excluding hydrogens is 420 g/mol. The van der Waals surface area contributed by atoms with Crippen LogP contribution < -0.4 is 16.1 Å².